The summed E-state index contributed by atoms with van der Waals surface area (Å²) in [5.74, 6) is 1.32. The molecule has 3 rings (SSSR count). The van der Waals surface area contributed by atoms with Crippen LogP contribution in [0.15, 0.2) is 30.3 Å². The van der Waals surface area contributed by atoms with Crippen LogP contribution in [0.1, 0.15) is 36.8 Å². The summed E-state index contributed by atoms with van der Waals surface area (Å²) in [6, 6.07) is 8.50. The van der Waals surface area contributed by atoms with Crippen LogP contribution in [0.25, 0.3) is 0 Å². The molecule has 2 aromatic rings. The maximum atomic E-state index is 13.8. The van der Waals surface area contributed by atoms with E-state index >= 15 is 0 Å². The molecule has 1 fully saturated rings. The van der Waals surface area contributed by atoms with Gasteiger partial charge < -0.3 is 19.7 Å². The number of halogens is 1. The molecule has 0 saturated carbocycles. The summed E-state index contributed by atoms with van der Waals surface area (Å²) in [7, 11) is 0. The van der Waals surface area contributed by atoms with E-state index in [4.69, 9.17) is 21.7 Å². The topological polar surface area (TPSA) is 59.5 Å². The molecule has 1 N–H and O–H groups in total. The smallest absolute Gasteiger partial charge is 0.216 e. The van der Waals surface area contributed by atoms with Crippen LogP contribution < -0.4 is 10.1 Å². The lowest BCUT2D eigenvalue weighted by Crippen LogP contribution is -2.50. The Balaban J connectivity index is 1.51. The lowest BCUT2D eigenvalue weighted by molar-refractivity contribution is -0.0296. The van der Waals surface area contributed by atoms with Gasteiger partial charge in [0.2, 0.25) is 5.88 Å². The number of nitrogens with one attached hydrogen (secondary N) is 1. The van der Waals surface area contributed by atoms with Gasteiger partial charge in [0, 0.05) is 42.9 Å². The van der Waals surface area contributed by atoms with Crippen molar-refractivity contribution in [3.63, 3.8) is 0 Å². The third kappa shape index (κ3) is 6.08. The minimum Gasteiger partial charge on any atom is -0.475 e. The standard InChI is InChI=1S/C21H27FN4O2S/c1-14(2)20-24-15(3)10-19(25-20)28-13-17-12-26(8-9-27-17)21(29)23-11-16-6-4-5-7-18(16)22/h4-7,10,14,17H,8-9,11-13H2,1-3H3,(H,23,29). The number of aryl methyl sites for hydroxylation is 1. The molecule has 0 aliphatic carbocycles. The van der Waals surface area contributed by atoms with Gasteiger partial charge in [-0.05, 0) is 25.2 Å². The molecule has 6 nitrogen and oxygen atoms in total. The number of nitrogens with zero attached hydrogens (tertiary/aromatic N) is 3. The number of rotatable bonds is 6. The van der Waals surface area contributed by atoms with E-state index in [2.05, 4.69) is 29.1 Å². The highest BCUT2D eigenvalue weighted by molar-refractivity contribution is 7.80. The minimum absolute atomic E-state index is 0.130. The van der Waals surface area contributed by atoms with E-state index in [-0.39, 0.29) is 17.8 Å². The van der Waals surface area contributed by atoms with Crippen molar-refractivity contribution in [2.24, 2.45) is 0 Å². The van der Waals surface area contributed by atoms with Gasteiger partial charge in [0.05, 0.1) is 6.61 Å². The van der Waals surface area contributed by atoms with Gasteiger partial charge in [-0.2, -0.15) is 4.98 Å². The Hall–Kier alpha value is -2.32. The second-order valence-corrected chi connectivity index (χ2v) is 7.75. The van der Waals surface area contributed by atoms with Crippen LogP contribution >= 0.6 is 12.2 Å². The molecule has 29 heavy (non-hydrogen) atoms. The largest absolute Gasteiger partial charge is 0.475 e. The first kappa shape index (κ1) is 21.4. The van der Waals surface area contributed by atoms with Crippen molar-refractivity contribution < 1.29 is 13.9 Å². The Bertz CT molecular complexity index is 849. The molecule has 1 atom stereocenters. The zero-order chi connectivity index (χ0) is 20.8. The number of morpholine rings is 1. The van der Waals surface area contributed by atoms with Crippen LogP contribution in [0.2, 0.25) is 0 Å². The highest BCUT2D eigenvalue weighted by Crippen LogP contribution is 2.16. The van der Waals surface area contributed by atoms with Crippen molar-refractivity contribution in [1.29, 1.82) is 0 Å². The zero-order valence-corrected chi connectivity index (χ0v) is 17.8. The summed E-state index contributed by atoms with van der Waals surface area (Å²) in [5.41, 5.74) is 1.46. The van der Waals surface area contributed by atoms with Gasteiger partial charge in [0.15, 0.2) is 5.11 Å². The third-order valence-corrected chi connectivity index (χ3v) is 5.00. The van der Waals surface area contributed by atoms with E-state index in [0.717, 1.165) is 11.5 Å². The van der Waals surface area contributed by atoms with Crippen LogP contribution in [0.3, 0.4) is 0 Å². The fraction of sp³-hybridized carbons (Fsp3) is 0.476. The second-order valence-electron chi connectivity index (χ2n) is 7.36. The Morgan fingerprint density at radius 2 is 2.17 bits per heavy atom. The summed E-state index contributed by atoms with van der Waals surface area (Å²) >= 11 is 5.49. The number of aromatic nitrogens is 2. The monoisotopic (exact) mass is 418 g/mol. The van der Waals surface area contributed by atoms with Gasteiger partial charge in [-0.25, -0.2) is 9.37 Å². The summed E-state index contributed by atoms with van der Waals surface area (Å²) in [4.78, 5) is 10.9. The first-order valence-electron chi connectivity index (χ1n) is 9.78. The number of hydrogen-bond donors (Lipinski definition) is 1. The van der Waals surface area contributed by atoms with Crippen molar-refractivity contribution >= 4 is 17.3 Å². The normalized spacial score (nSPS) is 16.7. The molecule has 0 spiro atoms. The molecule has 2 heterocycles. The van der Waals surface area contributed by atoms with E-state index < -0.39 is 0 Å². The van der Waals surface area contributed by atoms with Crippen molar-refractivity contribution in [3.05, 3.63) is 53.2 Å². The molecular formula is C21H27FN4O2S. The first-order valence-corrected chi connectivity index (χ1v) is 10.2. The van der Waals surface area contributed by atoms with Crippen LogP contribution in [-0.2, 0) is 11.3 Å². The van der Waals surface area contributed by atoms with Crippen LogP contribution in [-0.4, -0.2) is 52.4 Å². The molecule has 8 heteroatoms. The fourth-order valence-corrected chi connectivity index (χ4v) is 3.24. The van der Waals surface area contributed by atoms with Crippen molar-refractivity contribution in [3.8, 4) is 5.88 Å². The average molecular weight is 419 g/mol. The Kier molecular flexibility index (Phi) is 7.33. The lowest BCUT2D eigenvalue weighted by atomic mass is 10.2. The SMILES string of the molecule is Cc1cc(OCC2CN(C(=S)NCc3ccccc3F)CCO2)nc(C(C)C)n1. The minimum atomic E-state index is -0.239. The molecule has 1 aromatic carbocycles. The number of hydrogen-bond acceptors (Lipinski definition) is 5. The predicted molar refractivity (Wildman–Crippen MR) is 114 cm³/mol. The predicted octanol–water partition coefficient (Wildman–Crippen LogP) is 3.20. The molecule has 1 aliphatic heterocycles. The highest BCUT2D eigenvalue weighted by atomic mass is 32.1. The molecule has 1 saturated heterocycles. The van der Waals surface area contributed by atoms with Gasteiger partial charge in [-0.15, -0.1) is 0 Å². The van der Waals surface area contributed by atoms with Crippen LogP contribution in [0.4, 0.5) is 4.39 Å². The quantitative estimate of drug-likeness (QED) is 0.723. The molecule has 1 aromatic heterocycles. The molecule has 0 radical (unpaired) electrons. The van der Waals surface area contributed by atoms with Gasteiger partial charge in [0.25, 0.3) is 0 Å². The van der Waals surface area contributed by atoms with E-state index in [1.165, 1.54) is 6.07 Å². The van der Waals surface area contributed by atoms with Crippen LogP contribution in [0, 0.1) is 12.7 Å². The number of benzene rings is 1. The lowest BCUT2D eigenvalue weighted by Gasteiger charge is -2.34. The Labute approximate surface area is 176 Å². The van der Waals surface area contributed by atoms with E-state index in [1.807, 2.05) is 24.0 Å². The Morgan fingerprint density at radius 1 is 1.38 bits per heavy atom. The van der Waals surface area contributed by atoms with Crippen molar-refractivity contribution in [1.82, 2.24) is 20.2 Å². The van der Waals surface area contributed by atoms with Crippen molar-refractivity contribution in [2.75, 3.05) is 26.3 Å². The van der Waals surface area contributed by atoms with Gasteiger partial charge in [0.1, 0.15) is 24.4 Å². The maximum absolute atomic E-state index is 13.8. The van der Waals surface area contributed by atoms with Gasteiger partial charge in [-0.1, -0.05) is 32.0 Å². The number of ether oxygens (including phenoxy) is 2. The molecule has 0 bridgehead atoms. The molecule has 1 aliphatic rings. The molecular weight excluding hydrogens is 391 g/mol. The van der Waals surface area contributed by atoms with Crippen LogP contribution in [0.5, 0.6) is 5.88 Å². The zero-order valence-electron chi connectivity index (χ0n) is 17.0. The van der Waals surface area contributed by atoms with E-state index in [0.29, 0.717) is 49.4 Å². The molecule has 0 amide bonds. The van der Waals surface area contributed by atoms with E-state index in [9.17, 15) is 4.39 Å². The van der Waals surface area contributed by atoms with Crippen molar-refractivity contribution in [2.45, 2.75) is 39.3 Å². The highest BCUT2D eigenvalue weighted by Gasteiger charge is 2.23. The second kappa shape index (κ2) is 9.93. The first-order chi connectivity index (χ1) is 13.9. The summed E-state index contributed by atoms with van der Waals surface area (Å²) < 4.78 is 25.5. The number of thiocarbonyl (C=S) groups is 1. The average Bonchev–Trinajstić information content (AvgIpc) is 2.71. The third-order valence-electron chi connectivity index (χ3n) is 4.60. The molecule has 1 unspecified atom stereocenters. The maximum Gasteiger partial charge on any atom is 0.216 e. The fourth-order valence-electron chi connectivity index (χ4n) is 3.00. The van der Waals surface area contributed by atoms with Gasteiger partial charge in [-0.3, -0.25) is 0 Å². The summed E-state index contributed by atoms with van der Waals surface area (Å²) in [6.45, 7) is 8.59. The van der Waals surface area contributed by atoms with E-state index in [1.54, 1.807) is 12.1 Å². The summed E-state index contributed by atoms with van der Waals surface area (Å²) in [5, 5.41) is 3.72. The molecule has 156 valence electrons. The van der Waals surface area contributed by atoms with Gasteiger partial charge >= 0.3 is 0 Å². The Morgan fingerprint density at radius 3 is 2.93 bits per heavy atom. The summed E-state index contributed by atoms with van der Waals surface area (Å²) in [6.07, 6.45) is -0.130.